The van der Waals surface area contributed by atoms with Crippen LogP contribution in [0.5, 0.6) is 5.75 Å². The van der Waals surface area contributed by atoms with Crippen LogP contribution in [0.4, 0.5) is 0 Å². The van der Waals surface area contributed by atoms with Crippen LogP contribution >= 0.6 is 11.8 Å². The Morgan fingerprint density at radius 3 is 2.20 bits per heavy atom. The van der Waals surface area contributed by atoms with Gasteiger partial charge in [-0.05, 0) is 28.0 Å². The van der Waals surface area contributed by atoms with E-state index in [2.05, 4.69) is 53.5 Å². The van der Waals surface area contributed by atoms with E-state index in [0.29, 0.717) is 17.3 Å². The van der Waals surface area contributed by atoms with Gasteiger partial charge >= 0.3 is 0 Å². The van der Waals surface area contributed by atoms with Crippen LogP contribution in [-0.2, 0) is 15.6 Å². The number of carbonyl (C=O) groups excluding carboxylic acids is 1. The van der Waals surface area contributed by atoms with Gasteiger partial charge in [0.25, 0.3) is 5.91 Å². The summed E-state index contributed by atoms with van der Waals surface area (Å²) in [4.78, 5) is 13.0. The molecule has 1 aromatic carbocycles. The molecule has 1 aromatic rings. The molecule has 1 fully saturated rings. The van der Waals surface area contributed by atoms with E-state index in [1.807, 2.05) is 13.0 Å². The zero-order valence-corrected chi connectivity index (χ0v) is 17.2. The van der Waals surface area contributed by atoms with Gasteiger partial charge < -0.3 is 5.11 Å². The van der Waals surface area contributed by atoms with Crippen molar-refractivity contribution in [3.05, 3.63) is 40.4 Å². The molecule has 0 spiro atoms. The van der Waals surface area contributed by atoms with Gasteiger partial charge in [0.05, 0.1) is 5.03 Å². The van der Waals surface area contributed by atoms with Crippen LogP contribution < -0.4 is 5.43 Å². The van der Waals surface area contributed by atoms with Crippen LogP contribution in [0.15, 0.2) is 23.7 Å². The molecule has 0 aromatic heterocycles. The van der Waals surface area contributed by atoms with Gasteiger partial charge in [0.1, 0.15) is 11.0 Å². The second-order valence-electron chi connectivity index (χ2n) is 8.50. The zero-order chi connectivity index (χ0) is 19.2. The van der Waals surface area contributed by atoms with Crippen LogP contribution in [0.25, 0.3) is 0 Å². The number of hydrazine groups is 1. The van der Waals surface area contributed by atoms with Crippen molar-refractivity contribution in [3.8, 4) is 5.75 Å². The normalized spacial score (nSPS) is 19.0. The highest BCUT2D eigenvalue weighted by molar-refractivity contribution is 8.04. The van der Waals surface area contributed by atoms with Gasteiger partial charge in [-0.25, -0.2) is 10.4 Å². The van der Waals surface area contributed by atoms with Crippen LogP contribution in [0.2, 0.25) is 0 Å². The van der Waals surface area contributed by atoms with E-state index in [-0.39, 0.29) is 22.0 Å². The fourth-order valence-corrected chi connectivity index (χ4v) is 4.46. The third-order valence-electron chi connectivity index (χ3n) is 4.26. The number of benzene rings is 1. The molecule has 2 rings (SSSR count). The van der Waals surface area contributed by atoms with Crippen molar-refractivity contribution in [2.45, 2.75) is 64.5 Å². The minimum absolute atomic E-state index is 0.00658. The number of rotatable bonds is 3. The van der Waals surface area contributed by atoms with E-state index < -0.39 is 0 Å². The smallest absolute Gasteiger partial charge is 0.259 e. The Bertz CT molecular complexity index is 699. The van der Waals surface area contributed by atoms with Gasteiger partial charge in [-0.1, -0.05) is 72.9 Å². The third kappa shape index (κ3) is 3.72. The van der Waals surface area contributed by atoms with E-state index in [4.69, 9.17) is 0 Å². The molecule has 0 saturated carbocycles. The molecule has 0 bridgehead atoms. The summed E-state index contributed by atoms with van der Waals surface area (Å²) < 4.78 is 0. The standard InChI is InChI=1S/C20H30N2O2S/c1-9-21-22-12(2)25-17(18(22)24)13-10-11-14(23)16(20(6,7)8)15(13)19(3,4)5/h10-11,17,21,23H,2,9H2,1,3-8H3. The summed E-state index contributed by atoms with van der Waals surface area (Å²) in [6.07, 6.45) is 0. The van der Waals surface area contributed by atoms with Crippen molar-refractivity contribution in [3.63, 3.8) is 0 Å². The van der Waals surface area contributed by atoms with Crippen molar-refractivity contribution in [2.75, 3.05) is 6.54 Å². The number of thioether (sulfide) groups is 1. The summed E-state index contributed by atoms with van der Waals surface area (Å²) >= 11 is 1.47. The first-order valence-electron chi connectivity index (χ1n) is 8.69. The van der Waals surface area contributed by atoms with E-state index >= 15 is 0 Å². The fourth-order valence-electron chi connectivity index (χ4n) is 3.39. The molecule has 2 N–H and O–H groups in total. The van der Waals surface area contributed by atoms with Crippen LogP contribution in [0.3, 0.4) is 0 Å². The topological polar surface area (TPSA) is 52.6 Å². The molecule has 1 amide bonds. The minimum Gasteiger partial charge on any atom is -0.508 e. The Balaban J connectivity index is 2.68. The Morgan fingerprint density at radius 1 is 1.16 bits per heavy atom. The van der Waals surface area contributed by atoms with Crippen LogP contribution in [0, 0.1) is 0 Å². The summed E-state index contributed by atoms with van der Waals surface area (Å²) in [7, 11) is 0. The van der Waals surface area contributed by atoms with Gasteiger partial charge in [0.2, 0.25) is 0 Å². The van der Waals surface area contributed by atoms with E-state index in [9.17, 15) is 9.90 Å². The number of nitrogens with zero attached hydrogens (tertiary/aromatic N) is 1. The predicted octanol–water partition coefficient (Wildman–Crippen LogP) is 4.60. The first-order chi connectivity index (χ1) is 11.4. The quantitative estimate of drug-likeness (QED) is 0.825. The maximum absolute atomic E-state index is 13.0. The lowest BCUT2D eigenvalue weighted by molar-refractivity contribution is -0.130. The number of hydrogen-bond donors (Lipinski definition) is 2. The molecule has 1 aliphatic rings. The second kappa shape index (κ2) is 6.69. The Labute approximate surface area is 155 Å². The largest absolute Gasteiger partial charge is 0.508 e. The Hall–Kier alpha value is -1.46. The summed E-state index contributed by atoms with van der Waals surface area (Å²) in [5, 5.41) is 12.5. The molecule has 1 saturated heterocycles. The van der Waals surface area contributed by atoms with E-state index in [0.717, 1.165) is 16.7 Å². The van der Waals surface area contributed by atoms with Crippen molar-refractivity contribution in [1.82, 2.24) is 10.4 Å². The number of aromatic hydroxyl groups is 1. The highest BCUT2D eigenvalue weighted by Gasteiger charge is 2.41. The number of nitrogens with one attached hydrogen (secondary N) is 1. The number of phenols is 1. The summed E-state index contributed by atoms with van der Waals surface area (Å²) in [5.41, 5.74) is 5.57. The van der Waals surface area contributed by atoms with Crippen molar-refractivity contribution >= 4 is 17.7 Å². The molecule has 1 unspecified atom stereocenters. The Kier molecular flexibility index (Phi) is 5.31. The highest BCUT2D eigenvalue weighted by atomic mass is 32.2. The summed E-state index contributed by atoms with van der Waals surface area (Å²) in [5.74, 6) is 0.284. The summed E-state index contributed by atoms with van der Waals surface area (Å²) in [6, 6.07) is 3.61. The lowest BCUT2D eigenvalue weighted by Gasteiger charge is -2.34. The molecule has 0 aliphatic carbocycles. The molecule has 1 heterocycles. The maximum Gasteiger partial charge on any atom is 0.259 e. The van der Waals surface area contributed by atoms with Gasteiger partial charge in [0, 0.05) is 12.1 Å². The van der Waals surface area contributed by atoms with Gasteiger partial charge in [-0.3, -0.25) is 4.79 Å². The monoisotopic (exact) mass is 362 g/mol. The molecule has 1 aliphatic heterocycles. The third-order valence-corrected chi connectivity index (χ3v) is 5.41. The highest BCUT2D eigenvalue weighted by Crippen LogP contribution is 2.50. The maximum atomic E-state index is 13.0. The second-order valence-corrected chi connectivity index (χ2v) is 9.68. The lowest BCUT2D eigenvalue weighted by atomic mass is 9.72. The molecule has 1 atom stereocenters. The zero-order valence-electron chi connectivity index (χ0n) is 16.4. The van der Waals surface area contributed by atoms with Crippen molar-refractivity contribution in [2.24, 2.45) is 0 Å². The average Bonchev–Trinajstić information content (AvgIpc) is 2.73. The van der Waals surface area contributed by atoms with Crippen LogP contribution in [0.1, 0.15) is 70.4 Å². The van der Waals surface area contributed by atoms with Gasteiger partial charge in [-0.2, -0.15) is 0 Å². The summed E-state index contributed by atoms with van der Waals surface area (Å²) in [6.45, 7) is 19.3. The molecule has 138 valence electrons. The predicted molar refractivity (Wildman–Crippen MR) is 106 cm³/mol. The van der Waals surface area contributed by atoms with Gasteiger partial charge in [-0.15, -0.1) is 0 Å². The number of hydrogen-bond acceptors (Lipinski definition) is 4. The van der Waals surface area contributed by atoms with Crippen LogP contribution in [-0.4, -0.2) is 22.6 Å². The van der Waals surface area contributed by atoms with E-state index in [1.54, 1.807) is 11.1 Å². The first kappa shape index (κ1) is 19.9. The SMILES string of the molecule is C=C1SC(c2ccc(O)c(C(C)(C)C)c2C(C)(C)C)C(=O)N1NCC. The average molecular weight is 363 g/mol. The fraction of sp³-hybridized carbons (Fsp3) is 0.550. The molecule has 5 heteroatoms. The van der Waals surface area contributed by atoms with Crippen molar-refractivity contribution in [1.29, 1.82) is 0 Å². The molecular weight excluding hydrogens is 332 g/mol. The number of phenolic OH excluding ortho intramolecular Hbond substituents is 1. The molecular formula is C20H30N2O2S. The first-order valence-corrected chi connectivity index (χ1v) is 9.57. The number of carbonyl (C=O) groups is 1. The Morgan fingerprint density at radius 2 is 1.72 bits per heavy atom. The molecule has 25 heavy (non-hydrogen) atoms. The van der Waals surface area contributed by atoms with E-state index in [1.165, 1.54) is 11.8 Å². The van der Waals surface area contributed by atoms with Crippen molar-refractivity contribution < 1.29 is 9.90 Å². The molecule has 0 radical (unpaired) electrons. The minimum atomic E-state index is -0.345. The lowest BCUT2D eigenvalue weighted by Crippen LogP contribution is -2.38. The van der Waals surface area contributed by atoms with Gasteiger partial charge in [0.15, 0.2) is 0 Å². The molecule has 4 nitrogen and oxygen atoms in total. The number of amides is 1.